The number of anilines is 1. The molecule has 0 N–H and O–H groups in total. The second-order valence-corrected chi connectivity index (χ2v) is 4.75. The predicted molar refractivity (Wildman–Crippen MR) is 75.7 cm³/mol. The van der Waals surface area contributed by atoms with Crippen molar-refractivity contribution < 1.29 is 4.79 Å². The number of carbonyl (C=O) groups excluding carboxylic acids is 1. The van der Waals surface area contributed by atoms with Gasteiger partial charge in [0.2, 0.25) is 6.41 Å². The van der Waals surface area contributed by atoms with Gasteiger partial charge in [0.15, 0.2) is 0 Å². The highest BCUT2D eigenvalue weighted by Gasteiger charge is 2.21. The molecule has 2 heterocycles. The highest BCUT2D eigenvalue weighted by atomic mass is 16.1. The molecule has 1 aliphatic rings. The third-order valence-electron chi connectivity index (χ3n) is 3.46. The van der Waals surface area contributed by atoms with Crippen molar-refractivity contribution in [2.24, 2.45) is 0 Å². The summed E-state index contributed by atoms with van der Waals surface area (Å²) in [6.07, 6.45) is 4.93. The number of amides is 1. The molecule has 104 valence electrons. The quantitative estimate of drug-likeness (QED) is 0.726. The summed E-state index contributed by atoms with van der Waals surface area (Å²) in [5.41, 5.74) is 0. The van der Waals surface area contributed by atoms with E-state index in [9.17, 15) is 4.79 Å². The zero-order chi connectivity index (χ0) is 13.5. The fourth-order valence-corrected chi connectivity index (χ4v) is 2.30. The zero-order valence-electron chi connectivity index (χ0n) is 11.5. The Hall–Kier alpha value is -1.62. The first kappa shape index (κ1) is 13.8. The second kappa shape index (κ2) is 7.09. The smallest absolute Gasteiger partial charge is 0.224 e. The molecule has 0 radical (unpaired) electrons. The Kier molecular flexibility index (Phi) is 5.15. The van der Waals surface area contributed by atoms with Crippen molar-refractivity contribution in [1.29, 1.82) is 0 Å². The average molecular weight is 262 g/mol. The third-order valence-corrected chi connectivity index (χ3v) is 3.46. The van der Waals surface area contributed by atoms with Crippen LogP contribution in [0.5, 0.6) is 0 Å². The molecule has 2 rings (SSSR count). The predicted octanol–water partition coefficient (Wildman–Crippen LogP) is 1.38. The van der Waals surface area contributed by atoms with Gasteiger partial charge in [-0.3, -0.25) is 9.80 Å². The van der Waals surface area contributed by atoms with E-state index in [4.69, 9.17) is 0 Å². The Labute approximate surface area is 114 Å². The Morgan fingerprint density at radius 1 is 1.32 bits per heavy atom. The molecule has 1 aromatic rings. The number of pyridine rings is 1. The van der Waals surface area contributed by atoms with Crippen LogP contribution in [-0.4, -0.2) is 54.1 Å². The number of piperazine rings is 1. The van der Waals surface area contributed by atoms with Gasteiger partial charge in [0.05, 0.1) is 0 Å². The van der Waals surface area contributed by atoms with Gasteiger partial charge in [-0.15, -0.1) is 0 Å². The first-order valence-corrected chi connectivity index (χ1v) is 6.98. The SMILES string of the molecule is CCCCN(C=O)N1CCN(c2ccccn2)CC1. The van der Waals surface area contributed by atoms with Gasteiger partial charge < -0.3 is 4.90 Å². The van der Waals surface area contributed by atoms with Crippen molar-refractivity contribution >= 4 is 12.2 Å². The Balaban J connectivity index is 1.86. The summed E-state index contributed by atoms with van der Waals surface area (Å²) in [5.74, 6) is 1.02. The summed E-state index contributed by atoms with van der Waals surface area (Å²) in [4.78, 5) is 17.7. The normalized spacial score (nSPS) is 16.4. The molecule has 0 aliphatic carbocycles. The number of hydrogen-bond donors (Lipinski definition) is 0. The van der Waals surface area contributed by atoms with Gasteiger partial charge in [-0.05, 0) is 18.6 Å². The molecular formula is C14H22N4O. The van der Waals surface area contributed by atoms with Crippen LogP contribution in [0.15, 0.2) is 24.4 Å². The van der Waals surface area contributed by atoms with Crippen LogP contribution >= 0.6 is 0 Å². The molecule has 1 aromatic heterocycles. The van der Waals surface area contributed by atoms with Crippen LogP contribution in [0.3, 0.4) is 0 Å². The van der Waals surface area contributed by atoms with E-state index in [1.165, 1.54) is 0 Å². The fourth-order valence-electron chi connectivity index (χ4n) is 2.30. The maximum absolute atomic E-state index is 11.1. The van der Waals surface area contributed by atoms with Gasteiger partial charge in [-0.1, -0.05) is 19.4 Å². The first-order chi connectivity index (χ1) is 9.35. The summed E-state index contributed by atoms with van der Waals surface area (Å²) in [5, 5.41) is 3.96. The van der Waals surface area contributed by atoms with Gasteiger partial charge >= 0.3 is 0 Å². The van der Waals surface area contributed by atoms with Gasteiger partial charge in [-0.2, -0.15) is 0 Å². The largest absolute Gasteiger partial charge is 0.354 e. The topological polar surface area (TPSA) is 39.7 Å². The van der Waals surface area contributed by atoms with Crippen LogP contribution in [0.1, 0.15) is 19.8 Å². The van der Waals surface area contributed by atoms with Crippen molar-refractivity contribution in [2.45, 2.75) is 19.8 Å². The van der Waals surface area contributed by atoms with Crippen molar-refractivity contribution in [3.05, 3.63) is 24.4 Å². The van der Waals surface area contributed by atoms with E-state index in [2.05, 4.69) is 21.8 Å². The lowest BCUT2D eigenvalue weighted by molar-refractivity contribution is -0.135. The van der Waals surface area contributed by atoms with E-state index in [0.717, 1.165) is 57.8 Å². The molecule has 5 nitrogen and oxygen atoms in total. The maximum atomic E-state index is 11.1. The molecule has 1 aliphatic heterocycles. The van der Waals surface area contributed by atoms with Crippen LogP contribution in [0.2, 0.25) is 0 Å². The number of carbonyl (C=O) groups is 1. The molecule has 1 saturated heterocycles. The van der Waals surface area contributed by atoms with Gasteiger partial charge in [0.25, 0.3) is 0 Å². The van der Waals surface area contributed by atoms with E-state index in [1.54, 1.807) is 0 Å². The number of hydrogen-bond acceptors (Lipinski definition) is 4. The molecule has 0 saturated carbocycles. The maximum Gasteiger partial charge on any atom is 0.224 e. The molecule has 0 bridgehead atoms. The molecular weight excluding hydrogens is 240 g/mol. The van der Waals surface area contributed by atoms with Crippen molar-refractivity contribution in [1.82, 2.24) is 15.0 Å². The standard InChI is InChI=1S/C14H22N4O/c1-2-3-8-18(13-19)17-11-9-16(10-12-17)14-6-4-5-7-15-14/h4-7,13H,2-3,8-12H2,1H3. The Bertz CT molecular complexity index is 376. The highest BCUT2D eigenvalue weighted by molar-refractivity contribution is 5.46. The zero-order valence-corrected chi connectivity index (χ0v) is 11.5. The van der Waals surface area contributed by atoms with E-state index >= 15 is 0 Å². The van der Waals surface area contributed by atoms with Gasteiger partial charge in [0.1, 0.15) is 5.82 Å². The number of nitrogens with zero attached hydrogens (tertiary/aromatic N) is 4. The summed E-state index contributed by atoms with van der Waals surface area (Å²) >= 11 is 0. The molecule has 0 spiro atoms. The minimum absolute atomic E-state index is 0.823. The summed E-state index contributed by atoms with van der Waals surface area (Å²) in [6, 6.07) is 5.97. The summed E-state index contributed by atoms with van der Waals surface area (Å²) in [6.45, 7) is 6.53. The van der Waals surface area contributed by atoms with Crippen LogP contribution < -0.4 is 4.90 Å². The van der Waals surface area contributed by atoms with Crippen LogP contribution in [0.25, 0.3) is 0 Å². The molecule has 0 aromatic carbocycles. The molecule has 0 atom stereocenters. The monoisotopic (exact) mass is 262 g/mol. The number of unbranched alkanes of at least 4 members (excludes halogenated alkanes) is 1. The van der Waals surface area contributed by atoms with Crippen LogP contribution in [0.4, 0.5) is 5.82 Å². The van der Waals surface area contributed by atoms with Crippen molar-refractivity contribution in [2.75, 3.05) is 37.6 Å². The van der Waals surface area contributed by atoms with E-state index < -0.39 is 0 Å². The Morgan fingerprint density at radius 3 is 2.68 bits per heavy atom. The van der Waals surface area contributed by atoms with E-state index in [1.807, 2.05) is 29.4 Å². The summed E-state index contributed by atoms with van der Waals surface area (Å²) in [7, 11) is 0. The van der Waals surface area contributed by atoms with Gasteiger partial charge in [-0.25, -0.2) is 9.99 Å². The van der Waals surface area contributed by atoms with E-state index in [-0.39, 0.29) is 0 Å². The van der Waals surface area contributed by atoms with E-state index in [0.29, 0.717) is 0 Å². The minimum atomic E-state index is 0.823. The lowest BCUT2D eigenvalue weighted by Crippen LogP contribution is -2.53. The average Bonchev–Trinajstić information content (AvgIpc) is 2.49. The minimum Gasteiger partial charge on any atom is -0.354 e. The first-order valence-electron chi connectivity index (χ1n) is 6.98. The molecule has 1 fully saturated rings. The fraction of sp³-hybridized carbons (Fsp3) is 0.571. The number of hydrazine groups is 1. The third kappa shape index (κ3) is 3.67. The van der Waals surface area contributed by atoms with Crippen LogP contribution in [0, 0.1) is 0 Å². The highest BCUT2D eigenvalue weighted by Crippen LogP contribution is 2.13. The number of rotatable bonds is 6. The summed E-state index contributed by atoms with van der Waals surface area (Å²) < 4.78 is 0. The lowest BCUT2D eigenvalue weighted by atomic mass is 10.3. The second-order valence-electron chi connectivity index (χ2n) is 4.75. The Morgan fingerprint density at radius 2 is 2.11 bits per heavy atom. The lowest BCUT2D eigenvalue weighted by Gasteiger charge is -2.39. The molecule has 5 heteroatoms. The van der Waals surface area contributed by atoms with Gasteiger partial charge in [0, 0.05) is 38.9 Å². The molecule has 1 amide bonds. The van der Waals surface area contributed by atoms with Crippen LogP contribution in [-0.2, 0) is 4.79 Å². The molecule has 0 unspecified atom stereocenters. The molecule has 19 heavy (non-hydrogen) atoms. The van der Waals surface area contributed by atoms with Crippen molar-refractivity contribution in [3.8, 4) is 0 Å². The van der Waals surface area contributed by atoms with Crippen molar-refractivity contribution in [3.63, 3.8) is 0 Å². The number of aromatic nitrogens is 1.